The highest BCUT2D eigenvalue weighted by Gasteiger charge is 2.50. The van der Waals surface area contributed by atoms with E-state index in [1.807, 2.05) is 24.3 Å². The molecule has 3 N–H and O–H groups in total. The number of aliphatic hydroxyl groups excluding tert-OH is 1. The SMILES string of the molecule is O=S(=O)(c1ccccc1)N1C[C@@H](O)[C@](O)(CNCC2(c3ccccc3Cl)CC2)C1. The van der Waals surface area contributed by atoms with Gasteiger partial charge in [-0.25, -0.2) is 8.42 Å². The van der Waals surface area contributed by atoms with E-state index >= 15 is 0 Å². The smallest absolute Gasteiger partial charge is 0.243 e. The Bertz CT molecular complexity index is 981. The molecule has 2 aromatic rings. The number of benzene rings is 2. The Morgan fingerprint density at radius 2 is 1.72 bits per heavy atom. The van der Waals surface area contributed by atoms with E-state index in [1.165, 1.54) is 12.1 Å². The molecule has 1 heterocycles. The van der Waals surface area contributed by atoms with Gasteiger partial charge in [0.25, 0.3) is 0 Å². The van der Waals surface area contributed by atoms with Crippen molar-refractivity contribution in [2.75, 3.05) is 26.2 Å². The molecule has 4 rings (SSSR count). The van der Waals surface area contributed by atoms with Crippen LogP contribution in [0.15, 0.2) is 59.5 Å². The molecule has 0 radical (unpaired) electrons. The standard InChI is InChI=1S/C21H25ClN2O4S/c22-18-9-5-4-8-17(18)20(10-11-20)13-23-14-21(26)15-24(12-19(21)25)29(27,28)16-6-2-1-3-7-16/h1-9,19,23,25-26H,10-15H2/t19-,21+/m1/s1. The molecule has 8 heteroatoms. The van der Waals surface area contributed by atoms with Gasteiger partial charge in [0.2, 0.25) is 10.0 Å². The molecule has 0 aromatic heterocycles. The van der Waals surface area contributed by atoms with Gasteiger partial charge < -0.3 is 15.5 Å². The number of rotatable bonds is 7. The van der Waals surface area contributed by atoms with Gasteiger partial charge in [-0.1, -0.05) is 48.0 Å². The molecule has 2 aliphatic rings. The molecule has 2 fully saturated rings. The molecule has 2 aromatic carbocycles. The zero-order valence-electron chi connectivity index (χ0n) is 16.0. The highest BCUT2D eigenvalue weighted by atomic mass is 35.5. The van der Waals surface area contributed by atoms with E-state index in [0.717, 1.165) is 27.7 Å². The van der Waals surface area contributed by atoms with Gasteiger partial charge in [-0.05, 0) is 36.6 Å². The normalized spacial score (nSPS) is 26.5. The van der Waals surface area contributed by atoms with E-state index in [1.54, 1.807) is 18.2 Å². The lowest BCUT2D eigenvalue weighted by atomic mass is 9.94. The molecule has 0 bridgehead atoms. The maximum atomic E-state index is 12.8. The van der Waals surface area contributed by atoms with Crippen molar-refractivity contribution in [3.63, 3.8) is 0 Å². The highest BCUT2D eigenvalue weighted by Crippen LogP contribution is 2.49. The Kier molecular flexibility index (Phi) is 5.48. The molecule has 1 saturated carbocycles. The Balaban J connectivity index is 1.41. The van der Waals surface area contributed by atoms with Gasteiger partial charge in [0.05, 0.1) is 11.0 Å². The minimum absolute atomic E-state index is 0.0614. The molecule has 1 saturated heterocycles. The van der Waals surface area contributed by atoms with Crippen molar-refractivity contribution < 1.29 is 18.6 Å². The number of nitrogens with zero attached hydrogens (tertiary/aromatic N) is 1. The number of hydrogen-bond donors (Lipinski definition) is 3. The van der Waals surface area contributed by atoms with Gasteiger partial charge in [0.15, 0.2) is 0 Å². The largest absolute Gasteiger partial charge is 0.389 e. The van der Waals surface area contributed by atoms with Crippen LogP contribution < -0.4 is 5.32 Å². The van der Waals surface area contributed by atoms with E-state index in [2.05, 4.69) is 5.32 Å². The summed E-state index contributed by atoms with van der Waals surface area (Å²) < 4.78 is 26.8. The first kappa shape index (κ1) is 20.8. The van der Waals surface area contributed by atoms with Gasteiger partial charge in [-0.2, -0.15) is 4.31 Å². The van der Waals surface area contributed by atoms with Gasteiger partial charge >= 0.3 is 0 Å². The van der Waals surface area contributed by atoms with Crippen molar-refractivity contribution in [1.82, 2.24) is 9.62 Å². The molecule has 0 spiro atoms. The predicted molar refractivity (Wildman–Crippen MR) is 111 cm³/mol. The van der Waals surface area contributed by atoms with Crippen LogP contribution >= 0.6 is 11.6 Å². The number of β-amino-alcohol motifs (C(OH)–C–C–N with tert-alkyl or cyclic N) is 2. The summed E-state index contributed by atoms with van der Waals surface area (Å²) >= 11 is 6.34. The van der Waals surface area contributed by atoms with Crippen molar-refractivity contribution in [2.45, 2.75) is 34.9 Å². The van der Waals surface area contributed by atoms with E-state index in [9.17, 15) is 18.6 Å². The third kappa shape index (κ3) is 3.95. The lowest BCUT2D eigenvalue weighted by molar-refractivity contribution is -0.0384. The van der Waals surface area contributed by atoms with Crippen molar-refractivity contribution >= 4 is 21.6 Å². The van der Waals surface area contributed by atoms with Gasteiger partial charge in [0.1, 0.15) is 5.60 Å². The first-order chi connectivity index (χ1) is 13.8. The molecule has 1 aliphatic carbocycles. The zero-order chi connectivity index (χ0) is 20.7. The van der Waals surface area contributed by atoms with Crippen LogP contribution in [0, 0.1) is 0 Å². The molecule has 2 atom stereocenters. The minimum Gasteiger partial charge on any atom is -0.389 e. The summed E-state index contributed by atoms with van der Waals surface area (Å²) in [5.41, 5.74) is -0.520. The lowest BCUT2D eigenvalue weighted by Crippen LogP contribution is -2.51. The summed E-state index contributed by atoms with van der Waals surface area (Å²) in [6.07, 6.45) is 0.835. The molecule has 6 nitrogen and oxygen atoms in total. The number of hydrogen-bond acceptors (Lipinski definition) is 5. The first-order valence-electron chi connectivity index (χ1n) is 9.68. The first-order valence-corrected chi connectivity index (χ1v) is 11.5. The van der Waals surface area contributed by atoms with E-state index in [4.69, 9.17) is 11.6 Å². The molecule has 29 heavy (non-hydrogen) atoms. The lowest BCUT2D eigenvalue weighted by Gasteiger charge is -2.28. The quantitative estimate of drug-likeness (QED) is 0.615. The number of sulfonamides is 1. The van der Waals surface area contributed by atoms with Crippen molar-refractivity contribution in [1.29, 1.82) is 0 Å². The predicted octanol–water partition coefficient (Wildman–Crippen LogP) is 1.76. The zero-order valence-corrected chi connectivity index (χ0v) is 17.5. The Morgan fingerprint density at radius 3 is 2.38 bits per heavy atom. The third-order valence-electron chi connectivity index (χ3n) is 6.02. The minimum atomic E-state index is -3.76. The summed E-state index contributed by atoms with van der Waals surface area (Å²) in [7, 11) is -3.76. The average molecular weight is 437 g/mol. The summed E-state index contributed by atoms with van der Waals surface area (Å²) in [5.74, 6) is 0. The van der Waals surface area contributed by atoms with Crippen LogP contribution in [0.5, 0.6) is 0 Å². The van der Waals surface area contributed by atoms with Crippen LogP contribution in [-0.2, 0) is 15.4 Å². The van der Waals surface area contributed by atoms with Crippen LogP contribution in [0.25, 0.3) is 0 Å². The monoisotopic (exact) mass is 436 g/mol. The number of halogens is 1. The maximum Gasteiger partial charge on any atom is 0.243 e. The average Bonchev–Trinajstić information content (AvgIpc) is 3.42. The Labute approximate surface area is 176 Å². The van der Waals surface area contributed by atoms with Crippen LogP contribution in [0.2, 0.25) is 5.02 Å². The van der Waals surface area contributed by atoms with E-state index in [-0.39, 0.29) is 29.9 Å². The molecule has 0 amide bonds. The van der Waals surface area contributed by atoms with Gasteiger partial charge in [-0.3, -0.25) is 0 Å². The van der Waals surface area contributed by atoms with Crippen molar-refractivity contribution in [3.8, 4) is 0 Å². The fourth-order valence-corrected chi connectivity index (χ4v) is 5.90. The molecular weight excluding hydrogens is 412 g/mol. The second-order valence-electron chi connectivity index (χ2n) is 8.09. The highest BCUT2D eigenvalue weighted by molar-refractivity contribution is 7.89. The Hall–Kier alpha value is -1.48. The van der Waals surface area contributed by atoms with Crippen LogP contribution in [-0.4, -0.2) is 60.8 Å². The van der Waals surface area contributed by atoms with Gasteiger partial charge in [-0.15, -0.1) is 0 Å². The third-order valence-corrected chi connectivity index (χ3v) is 8.18. The summed E-state index contributed by atoms with van der Waals surface area (Å²) in [5, 5.41) is 25.3. The second kappa shape index (κ2) is 7.65. The van der Waals surface area contributed by atoms with Gasteiger partial charge in [0, 0.05) is 36.6 Å². The topological polar surface area (TPSA) is 89.9 Å². The summed E-state index contributed by atoms with van der Waals surface area (Å²) in [6.45, 7) is 0.418. The van der Waals surface area contributed by atoms with Crippen molar-refractivity contribution in [2.24, 2.45) is 0 Å². The Morgan fingerprint density at radius 1 is 1.07 bits per heavy atom. The van der Waals surface area contributed by atoms with E-state index < -0.39 is 21.7 Å². The van der Waals surface area contributed by atoms with Crippen LogP contribution in [0.3, 0.4) is 0 Å². The summed E-state index contributed by atoms with van der Waals surface area (Å²) in [6, 6.07) is 15.8. The fourth-order valence-electron chi connectivity index (χ4n) is 4.04. The summed E-state index contributed by atoms with van der Waals surface area (Å²) in [4.78, 5) is 0.153. The second-order valence-corrected chi connectivity index (χ2v) is 10.4. The van der Waals surface area contributed by atoms with E-state index in [0.29, 0.717) is 6.54 Å². The molecular formula is C21H25ClN2O4S. The number of aliphatic hydroxyl groups is 2. The maximum absolute atomic E-state index is 12.8. The van der Waals surface area contributed by atoms with Crippen molar-refractivity contribution in [3.05, 3.63) is 65.2 Å². The van der Waals surface area contributed by atoms with Crippen LogP contribution in [0.4, 0.5) is 0 Å². The molecule has 0 unspecified atom stereocenters. The number of nitrogens with one attached hydrogen (secondary N) is 1. The fraction of sp³-hybridized carbons (Fsp3) is 0.429. The molecule has 1 aliphatic heterocycles. The van der Waals surface area contributed by atoms with Crippen LogP contribution in [0.1, 0.15) is 18.4 Å². The molecule has 156 valence electrons.